The summed E-state index contributed by atoms with van der Waals surface area (Å²) in [5.41, 5.74) is 10.3. The number of aliphatic carboxylic acids is 1. The van der Waals surface area contributed by atoms with E-state index in [-0.39, 0.29) is 26.2 Å². The molecule has 280 valence electrons. The van der Waals surface area contributed by atoms with Gasteiger partial charge in [0.15, 0.2) is 0 Å². The second kappa shape index (κ2) is 18.3. The van der Waals surface area contributed by atoms with E-state index in [0.29, 0.717) is 54.0 Å². The van der Waals surface area contributed by atoms with Crippen LogP contribution in [-0.4, -0.2) is 50.8 Å². The fourth-order valence-electron chi connectivity index (χ4n) is 6.40. The molecule has 0 aliphatic heterocycles. The third kappa shape index (κ3) is 9.55. The number of carbonyl (C=O) groups is 1. The van der Waals surface area contributed by atoms with E-state index >= 15 is 0 Å². The molecule has 0 amide bonds. The lowest BCUT2D eigenvalue weighted by Crippen LogP contribution is -2.16. The first-order valence-electron chi connectivity index (χ1n) is 17.9. The van der Waals surface area contributed by atoms with Gasteiger partial charge in [0.2, 0.25) is 0 Å². The standard InChI is InChI=1S/C43H41ClN6O5/c1-27-32(6-3-8-35(27)36-9-4-7-34(28(36)2)31-11-12-39-37(17-31)43(48-14-15-51)50-26-49-39)25-55-41-19-40(54-24-30-16-29(20-45)21-47-22-30)33(18-38(41)44)23-46-13-5-10-42(52)53/h3-4,6-9,11-12,16-19,21-22,26,46,51H,5,10,13-15,23-25H2,1-2H3,(H,52,53)(H,48,49,50). The van der Waals surface area contributed by atoms with Gasteiger partial charge in [-0.15, -0.1) is 0 Å². The third-order valence-corrected chi connectivity index (χ3v) is 9.59. The number of aliphatic hydroxyl groups is 1. The van der Waals surface area contributed by atoms with Gasteiger partial charge in [0, 0.05) is 54.5 Å². The van der Waals surface area contributed by atoms with Crippen molar-refractivity contribution in [3.63, 3.8) is 0 Å². The Balaban J connectivity index is 1.24. The average Bonchev–Trinajstić information content (AvgIpc) is 3.19. The minimum absolute atomic E-state index is 0.000418. The molecule has 12 heteroatoms. The molecule has 0 aliphatic carbocycles. The first kappa shape index (κ1) is 38.7. The van der Waals surface area contributed by atoms with Gasteiger partial charge < -0.3 is 30.3 Å². The molecule has 0 radical (unpaired) electrons. The number of benzene rings is 4. The van der Waals surface area contributed by atoms with Crippen molar-refractivity contribution in [3.05, 3.63) is 130 Å². The zero-order valence-electron chi connectivity index (χ0n) is 30.6. The Labute approximate surface area is 324 Å². The summed E-state index contributed by atoms with van der Waals surface area (Å²) in [7, 11) is 0. The molecular weight excluding hydrogens is 716 g/mol. The van der Waals surface area contributed by atoms with Crippen molar-refractivity contribution in [2.24, 2.45) is 0 Å². The summed E-state index contributed by atoms with van der Waals surface area (Å²) >= 11 is 6.79. The molecule has 2 heterocycles. The van der Waals surface area contributed by atoms with Crippen LogP contribution in [-0.2, 0) is 24.6 Å². The number of aliphatic hydroxyl groups excluding tert-OH is 1. The highest BCUT2D eigenvalue weighted by Gasteiger charge is 2.16. The number of aromatic nitrogens is 3. The normalized spacial score (nSPS) is 11.0. The summed E-state index contributed by atoms with van der Waals surface area (Å²) in [6.45, 7) is 5.94. The van der Waals surface area contributed by atoms with Crippen LogP contribution in [0.15, 0.2) is 91.5 Å². The molecule has 0 spiro atoms. The number of hydrogen-bond acceptors (Lipinski definition) is 10. The second-order valence-corrected chi connectivity index (χ2v) is 13.4. The summed E-state index contributed by atoms with van der Waals surface area (Å²) < 4.78 is 12.6. The average molecular weight is 757 g/mol. The predicted molar refractivity (Wildman–Crippen MR) is 213 cm³/mol. The van der Waals surface area contributed by atoms with Crippen molar-refractivity contribution in [1.29, 1.82) is 5.26 Å². The van der Waals surface area contributed by atoms with Crippen LogP contribution in [0, 0.1) is 25.2 Å². The Bertz CT molecular complexity index is 2360. The minimum atomic E-state index is -0.840. The lowest BCUT2D eigenvalue weighted by molar-refractivity contribution is -0.137. The fourth-order valence-corrected chi connectivity index (χ4v) is 6.64. The number of anilines is 1. The Kier molecular flexibility index (Phi) is 12.9. The summed E-state index contributed by atoms with van der Waals surface area (Å²) in [5, 5.41) is 35.4. The van der Waals surface area contributed by atoms with Crippen LogP contribution >= 0.6 is 11.6 Å². The molecule has 6 aromatic rings. The van der Waals surface area contributed by atoms with E-state index < -0.39 is 5.97 Å². The monoisotopic (exact) mass is 756 g/mol. The van der Waals surface area contributed by atoms with Gasteiger partial charge in [-0.3, -0.25) is 9.78 Å². The highest BCUT2D eigenvalue weighted by atomic mass is 35.5. The van der Waals surface area contributed by atoms with Crippen LogP contribution in [0.2, 0.25) is 5.02 Å². The number of fused-ring (bicyclic) bond motifs is 1. The SMILES string of the molecule is Cc1c(COc2cc(OCc3cncc(C#N)c3)c(CNCCCC(=O)O)cc2Cl)cccc1-c1cccc(-c2ccc3ncnc(NCCO)c3c2)c1C. The van der Waals surface area contributed by atoms with Crippen LogP contribution in [0.5, 0.6) is 11.5 Å². The Morgan fingerprint density at radius 2 is 1.65 bits per heavy atom. The number of hydrogen-bond donors (Lipinski definition) is 4. The van der Waals surface area contributed by atoms with Crippen LogP contribution in [0.3, 0.4) is 0 Å². The van der Waals surface area contributed by atoms with E-state index in [1.54, 1.807) is 24.4 Å². The quantitative estimate of drug-likeness (QED) is 0.0667. The number of halogens is 1. The number of nitriles is 1. The topological polar surface area (TPSA) is 163 Å². The van der Waals surface area contributed by atoms with Crippen LogP contribution in [0.4, 0.5) is 5.82 Å². The first-order chi connectivity index (χ1) is 26.7. The molecule has 6 rings (SSSR count). The molecule has 0 saturated heterocycles. The van der Waals surface area contributed by atoms with E-state index in [1.165, 1.54) is 12.5 Å². The largest absolute Gasteiger partial charge is 0.488 e. The van der Waals surface area contributed by atoms with Gasteiger partial charge in [-0.1, -0.05) is 54.1 Å². The van der Waals surface area contributed by atoms with Gasteiger partial charge in [0.1, 0.15) is 42.9 Å². The molecule has 55 heavy (non-hydrogen) atoms. The molecule has 0 atom stereocenters. The number of nitrogens with one attached hydrogen (secondary N) is 2. The number of carboxylic acids is 1. The van der Waals surface area contributed by atoms with Crippen LogP contribution < -0.4 is 20.1 Å². The summed E-state index contributed by atoms with van der Waals surface area (Å²) in [6.07, 6.45) is 5.22. The first-order valence-corrected chi connectivity index (χ1v) is 18.3. The molecule has 0 unspecified atom stereocenters. The fraction of sp³-hybridized carbons (Fsp3) is 0.233. The van der Waals surface area contributed by atoms with Gasteiger partial charge in [0.25, 0.3) is 0 Å². The van der Waals surface area contributed by atoms with E-state index in [1.807, 2.05) is 18.2 Å². The second-order valence-electron chi connectivity index (χ2n) is 13.0. The van der Waals surface area contributed by atoms with Crippen LogP contribution in [0.1, 0.15) is 46.2 Å². The van der Waals surface area contributed by atoms with E-state index in [9.17, 15) is 15.2 Å². The van der Waals surface area contributed by atoms with Crippen LogP contribution in [0.25, 0.3) is 33.2 Å². The van der Waals surface area contributed by atoms with Crippen molar-refractivity contribution >= 4 is 34.3 Å². The maximum atomic E-state index is 10.9. The van der Waals surface area contributed by atoms with Crippen molar-refractivity contribution in [2.75, 3.05) is 25.0 Å². The third-order valence-electron chi connectivity index (χ3n) is 9.30. The zero-order valence-corrected chi connectivity index (χ0v) is 31.4. The Morgan fingerprint density at radius 1 is 0.873 bits per heavy atom. The molecule has 0 bridgehead atoms. The molecule has 0 saturated carbocycles. The minimum Gasteiger partial charge on any atom is -0.488 e. The number of rotatable bonds is 17. The van der Waals surface area contributed by atoms with Crippen molar-refractivity contribution < 1.29 is 24.5 Å². The van der Waals surface area contributed by atoms with Crippen molar-refractivity contribution in [3.8, 4) is 39.8 Å². The van der Waals surface area contributed by atoms with E-state index in [2.05, 4.69) is 81.9 Å². The molecule has 4 aromatic carbocycles. The molecular formula is C43H41ClN6O5. The lowest BCUT2D eigenvalue weighted by Gasteiger charge is -2.18. The number of pyridine rings is 1. The van der Waals surface area contributed by atoms with E-state index in [0.717, 1.165) is 61.0 Å². The molecule has 11 nitrogen and oxygen atoms in total. The summed E-state index contributed by atoms with van der Waals surface area (Å²) in [5.74, 6) is 0.833. The van der Waals surface area contributed by atoms with Gasteiger partial charge >= 0.3 is 5.97 Å². The maximum Gasteiger partial charge on any atom is 0.303 e. The number of carboxylic acid groups (broad SMARTS) is 1. The molecule has 0 aliphatic rings. The van der Waals surface area contributed by atoms with Gasteiger partial charge in [-0.2, -0.15) is 5.26 Å². The zero-order chi connectivity index (χ0) is 38.7. The van der Waals surface area contributed by atoms with Crippen molar-refractivity contribution in [2.45, 2.75) is 46.4 Å². The highest BCUT2D eigenvalue weighted by Crippen LogP contribution is 2.37. The highest BCUT2D eigenvalue weighted by molar-refractivity contribution is 6.32. The molecule has 4 N–H and O–H groups in total. The summed E-state index contributed by atoms with van der Waals surface area (Å²) in [6, 6.07) is 26.0. The summed E-state index contributed by atoms with van der Waals surface area (Å²) in [4.78, 5) is 23.9. The Morgan fingerprint density at radius 3 is 2.45 bits per heavy atom. The molecule has 2 aromatic heterocycles. The maximum absolute atomic E-state index is 10.9. The smallest absolute Gasteiger partial charge is 0.303 e. The molecule has 0 fully saturated rings. The van der Waals surface area contributed by atoms with Gasteiger partial charge in [-0.25, -0.2) is 9.97 Å². The lowest BCUT2D eigenvalue weighted by atomic mass is 9.89. The van der Waals surface area contributed by atoms with Gasteiger partial charge in [-0.05, 0) is 90.0 Å². The van der Waals surface area contributed by atoms with E-state index in [4.69, 9.17) is 26.2 Å². The van der Waals surface area contributed by atoms with Crippen molar-refractivity contribution in [1.82, 2.24) is 20.3 Å². The van der Waals surface area contributed by atoms with Gasteiger partial charge in [0.05, 0.1) is 22.7 Å². The Hall–Kier alpha value is -6.06. The number of nitrogens with zero attached hydrogens (tertiary/aromatic N) is 4. The number of ether oxygens (including phenoxy) is 2. The predicted octanol–water partition coefficient (Wildman–Crippen LogP) is 8.02.